The summed E-state index contributed by atoms with van der Waals surface area (Å²) in [6.07, 6.45) is 0. The Labute approximate surface area is 123 Å². The van der Waals surface area contributed by atoms with Crippen LogP contribution in [-0.4, -0.2) is 42.9 Å². The number of rotatable bonds is 3. The molecule has 1 aromatic rings. The monoisotopic (exact) mass is 314 g/mol. The van der Waals surface area contributed by atoms with Crippen LogP contribution in [0.25, 0.3) is 0 Å². The molecular formula is C13H18N2O5S. The van der Waals surface area contributed by atoms with Gasteiger partial charge in [-0.15, -0.1) is 0 Å². The standard InChI is InChI=1S/C13H18N2O5S/c1-10-5-4-6-11(15(16)17)12(10)21(18,19)14-7-8-20-9-13(14,2)3/h4-6H,7-9H2,1-3H3. The summed E-state index contributed by atoms with van der Waals surface area (Å²) in [5.74, 6) is 0. The van der Waals surface area contributed by atoms with Crippen LogP contribution in [0.5, 0.6) is 0 Å². The molecule has 1 aliphatic heterocycles. The number of hydrogen-bond donors (Lipinski definition) is 0. The van der Waals surface area contributed by atoms with Crippen molar-refractivity contribution in [3.63, 3.8) is 0 Å². The highest BCUT2D eigenvalue weighted by molar-refractivity contribution is 7.89. The highest BCUT2D eigenvalue weighted by Gasteiger charge is 2.43. The second-order valence-electron chi connectivity index (χ2n) is 5.62. The van der Waals surface area contributed by atoms with E-state index in [0.29, 0.717) is 5.56 Å². The van der Waals surface area contributed by atoms with Crippen molar-refractivity contribution >= 4 is 15.7 Å². The first-order chi connectivity index (χ1) is 9.68. The van der Waals surface area contributed by atoms with E-state index in [1.165, 1.54) is 16.4 Å². The number of ether oxygens (including phenoxy) is 1. The Bertz CT molecular complexity index is 669. The Hall–Kier alpha value is -1.51. The Morgan fingerprint density at radius 2 is 2.05 bits per heavy atom. The van der Waals surface area contributed by atoms with E-state index in [2.05, 4.69) is 0 Å². The van der Waals surface area contributed by atoms with Gasteiger partial charge in [-0.1, -0.05) is 12.1 Å². The van der Waals surface area contributed by atoms with Crippen LogP contribution in [0, 0.1) is 17.0 Å². The molecule has 2 rings (SSSR count). The number of aryl methyl sites for hydroxylation is 1. The highest BCUT2D eigenvalue weighted by Crippen LogP contribution is 2.34. The molecule has 0 spiro atoms. The van der Waals surface area contributed by atoms with Crippen molar-refractivity contribution in [3.8, 4) is 0 Å². The number of benzene rings is 1. The quantitative estimate of drug-likeness (QED) is 0.625. The molecule has 1 aromatic carbocycles. The topological polar surface area (TPSA) is 89.8 Å². The van der Waals surface area contributed by atoms with E-state index < -0.39 is 26.2 Å². The van der Waals surface area contributed by atoms with Gasteiger partial charge >= 0.3 is 0 Å². The second kappa shape index (κ2) is 5.36. The maximum absolute atomic E-state index is 12.9. The molecule has 8 heteroatoms. The van der Waals surface area contributed by atoms with Crippen LogP contribution in [0.4, 0.5) is 5.69 Å². The summed E-state index contributed by atoms with van der Waals surface area (Å²) in [6, 6.07) is 4.26. The summed E-state index contributed by atoms with van der Waals surface area (Å²) in [5.41, 5.74) is -0.767. The Morgan fingerprint density at radius 1 is 1.38 bits per heavy atom. The van der Waals surface area contributed by atoms with Gasteiger partial charge in [0, 0.05) is 12.6 Å². The van der Waals surface area contributed by atoms with Crippen molar-refractivity contribution in [1.29, 1.82) is 0 Å². The zero-order valence-electron chi connectivity index (χ0n) is 12.2. The third-order valence-corrected chi connectivity index (χ3v) is 5.81. The normalized spacial score (nSPS) is 19.4. The summed E-state index contributed by atoms with van der Waals surface area (Å²) in [7, 11) is -3.96. The summed E-state index contributed by atoms with van der Waals surface area (Å²) in [5, 5.41) is 11.2. The van der Waals surface area contributed by atoms with Gasteiger partial charge < -0.3 is 4.74 Å². The summed E-state index contributed by atoms with van der Waals surface area (Å²) in [6.45, 7) is 5.77. The Morgan fingerprint density at radius 3 is 2.62 bits per heavy atom. The average Bonchev–Trinajstić information content (AvgIpc) is 2.37. The fraction of sp³-hybridized carbons (Fsp3) is 0.538. The molecule has 0 aliphatic carbocycles. The molecule has 7 nitrogen and oxygen atoms in total. The van der Waals surface area contributed by atoms with Crippen molar-refractivity contribution < 1.29 is 18.1 Å². The van der Waals surface area contributed by atoms with Gasteiger partial charge in [0.25, 0.3) is 15.7 Å². The van der Waals surface area contributed by atoms with Crippen LogP contribution in [-0.2, 0) is 14.8 Å². The number of morpholine rings is 1. The van der Waals surface area contributed by atoms with Gasteiger partial charge in [-0.25, -0.2) is 8.42 Å². The molecule has 0 bridgehead atoms. The minimum absolute atomic E-state index is 0.181. The van der Waals surface area contributed by atoms with Crippen LogP contribution in [0.3, 0.4) is 0 Å². The lowest BCUT2D eigenvalue weighted by Crippen LogP contribution is -2.55. The number of nitro groups is 1. The van der Waals surface area contributed by atoms with E-state index in [1.807, 2.05) is 0 Å². The number of sulfonamides is 1. The molecule has 0 radical (unpaired) electrons. The Balaban J connectivity index is 2.62. The third kappa shape index (κ3) is 2.78. The van der Waals surface area contributed by atoms with E-state index in [1.54, 1.807) is 26.8 Å². The van der Waals surface area contributed by atoms with Crippen LogP contribution in [0.2, 0.25) is 0 Å². The predicted molar refractivity (Wildman–Crippen MR) is 76.6 cm³/mol. The van der Waals surface area contributed by atoms with Gasteiger partial charge in [-0.3, -0.25) is 10.1 Å². The molecule has 0 amide bonds. The maximum Gasteiger partial charge on any atom is 0.289 e. The highest BCUT2D eigenvalue weighted by atomic mass is 32.2. The molecule has 1 saturated heterocycles. The molecule has 0 unspecified atom stereocenters. The minimum Gasteiger partial charge on any atom is -0.378 e. The molecule has 0 saturated carbocycles. The van der Waals surface area contributed by atoms with Gasteiger partial charge in [-0.05, 0) is 26.3 Å². The van der Waals surface area contributed by atoms with E-state index in [9.17, 15) is 18.5 Å². The van der Waals surface area contributed by atoms with Crippen molar-refractivity contribution in [1.82, 2.24) is 4.31 Å². The molecule has 1 aliphatic rings. The largest absolute Gasteiger partial charge is 0.378 e. The van der Waals surface area contributed by atoms with Crippen molar-refractivity contribution in [2.45, 2.75) is 31.2 Å². The fourth-order valence-electron chi connectivity index (χ4n) is 2.52. The number of hydrogen-bond acceptors (Lipinski definition) is 5. The van der Waals surface area contributed by atoms with Gasteiger partial charge in [0.15, 0.2) is 4.90 Å². The maximum atomic E-state index is 12.9. The lowest BCUT2D eigenvalue weighted by atomic mass is 10.1. The SMILES string of the molecule is Cc1cccc([N+](=O)[O-])c1S(=O)(=O)N1CCOCC1(C)C. The van der Waals surface area contributed by atoms with Crippen LogP contribution >= 0.6 is 0 Å². The van der Waals surface area contributed by atoms with Crippen molar-refractivity contribution in [3.05, 3.63) is 33.9 Å². The van der Waals surface area contributed by atoms with E-state index in [-0.39, 0.29) is 24.7 Å². The summed E-state index contributed by atoms with van der Waals surface area (Å²) >= 11 is 0. The molecule has 0 N–H and O–H groups in total. The van der Waals surface area contributed by atoms with Crippen molar-refractivity contribution in [2.75, 3.05) is 19.8 Å². The van der Waals surface area contributed by atoms with E-state index in [4.69, 9.17) is 4.74 Å². The van der Waals surface area contributed by atoms with Crippen molar-refractivity contribution in [2.24, 2.45) is 0 Å². The predicted octanol–water partition coefficient (Wildman–Crippen LogP) is 1.70. The van der Waals surface area contributed by atoms with E-state index >= 15 is 0 Å². The van der Waals surface area contributed by atoms with Gasteiger partial charge in [0.05, 0.1) is 23.7 Å². The zero-order chi connectivity index (χ0) is 15.8. The molecule has 1 fully saturated rings. The van der Waals surface area contributed by atoms with E-state index in [0.717, 1.165) is 0 Å². The lowest BCUT2D eigenvalue weighted by molar-refractivity contribution is -0.388. The first-order valence-electron chi connectivity index (χ1n) is 6.52. The first kappa shape index (κ1) is 15.9. The number of nitrogens with zero attached hydrogens (tertiary/aromatic N) is 2. The van der Waals surface area contributed by atoms with Crippen LogP contribution < -0.4 is 0 Å². The fourth-order valence-corrected chi connectivity index (χ4v) is 4.64. The molecule has 21 heavy (non-hydrogen) atoms. The molecule has 0 atom stereocenters. The molecule has 0 aromatic heterocycles. The first-order valence-corrected chi connectivity index (χ1v) is 7.96. The van der Waals surface area contributed by atoms with Crippen LogP contribution in [0.15, 0.2) is 23.1 Å². The molecule has 116 valence electrons. The molecular weight excluding hydrogens is 296 g/mol. The van der Waals surface area contributed by atoms with Gasteiger partial charge in [0.2, 0.25) is 0 Å². The van der Waals surface area contributed by atoms with Gasteiger partial charge in [0.1, 0.15) is 0 Å². The smallest absolute Gasteiger partial charge is 0.289 e. The average molecular weight is 314 g/mol. The van der Waals surface area contributed by atoms with Gasteiger partial charge in [-0.2, -0.15) is 4.31 Å². The molecule has 1 heterocycles. The zero-order valence-corrected chi connectivity index (χ0v) is 13.0. The second-order valence-corrected chi connectivity index (χ2v) is 7.42. The third-order valence-electron chi connectivity index (χ3n) is 3.51. The number of nitro benzene ring substituents is 1. The van der Waals surface area contributed by atoms with Crippen LogP contribution in [0.1, 0.15) is 19.4 Å². The lowest BCUT2D eigenvalue weighted by Gasteiger charge is -2.40. The minimum atomic E-state index is -3.96. The summed E-state index contributed by atoms with van der Waals surface area (Å²) in [4.78, 5) is 10.3. The Kier molecular flexibility index (Phi) is 4.05. The summed E-state index contributed by atoms with van der Waals surface area (Å²) < 4.78 is 32.4.